The minimum Gasteiger partial charge on any atom is -0.396 e. The Morgan fingerprint density at radius 2 is 2.21 bits per heavy atom. The van der Waals surface area contributed by atoms with Gasteiger partial charge in [-0.2, -0.15) is 0 Å². The second-order valence-electron chi connectivity index (χ2n) is 4.46. The largest absolute Gasteiger partial charge is 0.396 e. The highest BCUT2D eigenvalue weighted by Gasteiger charge is 2.08. The Morgan fingerprint density at radius 1 is 1.47 bits per heavy atom. The number of aromatic nitrogens is 2. The lowest BCUT2D eigenvalue weighted by Crippen LogP contribution is -2.15. The van der Waals surface area contributed by atoms with E-state index in [0.29, 0.717) is 17.6 Å². The summed E-state index contributed by atoms with van der Waals surface area (Å²) in [6, 6.07) is 0.318. The van der Waals surface area contributed by atoms with Crippen LogP contribution in [0.3, 0.4) is 0 Å². The van der Waals surface area contributed by atoms with Gasteiger partial charge in [0.2, 0.25) is 0 Å². The molecule has 0 aliphatic rings. The Labute approximate surface area is 115 Å². The van der Waals surface area contributed by atoms with E-state index in [4.69, 9.17) is 5.73 Å². The minimum absolute atomic E-state index is 0.318. The van der Waals surface area contributed by atoms with Gasteiger partial charge in [0.15, 0.2) is 5.82 Å². The highest BCUT2D eigenvalue weighted by Crippen LogP contribution is 2.15. The van der Waals surface area contributed by atoms with Gasteiger partial charge in [-0.3, -0.25) is 0 Å². The van der Waals surface area contributed by atoms with E-state index in [1.54, 1.807) is 18.2 Å². The van der Waals surface area contributed by atoms with Gasteiger partial charge in [0.1, 0.15) is 5.82 Å². The summed E-state index contributed by atoms with van der Waals surface area (Å²) in [6.07, 6.45) is 9.79. The third-order valence-electron chi connectivity index (χ3n) is 2.45. The molecule has 102 valence electrons. The first-order valence-corrected chi connectivity index (χ1v) is 6.46. The Morgan fingerprint density at radius 3 is 2.79 bits per heavy atom. The number of hydrogen-bond donors (Lipinski definition) is 2. The number of nitrogens with zero attached hydrogens (tertiary/aromatic N) is 2. The lowest BCUT2D eigenvalue weighted by molar-refractivity contribution is 0.873. The fraction of sp³-hybridized carbons (Fsp3) is 0.333. The van der Waals surface area contributed by atoms with E-state index in [1.165, 1.54) is 0 Å². The normalized spacial score (nSPS) is 12.1. The van der Waals surface area contributed by atoms with Crippen LogP contribution in [-0.4, -0.2) is 16.0 Å². The monoisotopic (exact) mass is 258 g/mol. The fourth-order valence-corrected chi connectivity index (χ4v) is 1.52. The number of anilines is 1. The van der Waals surface area contributed by atoms with E-state index in [0.717, 1.165) is 17.8 Å². The molecule has 0 atom stereocenters. The molecule has 1 rings (SSSR count). The molecule has 4 nitrogen and oxygen atoms in total. The lowest BCUT2D eigenvalue weighted by Gasteiger charge is -2.13. The molecule has 0 aliphatic carbocycles. The molecule has 0 saturated carbocycles. The van der Waals surface area contributed by atoms with Crippen molar-refractivity contribution in [2.45, 2.75) is 33.2 Å². The van der Waals surface area contributed by atoms with E-state index in [1.807, 2.05) is 12.3 Å². The summed E-state index contributed by atoms with van der Waals surface area (Å²) in [6.45, 7) is 9.83. The van der Waals surface area contributed by atoms with Crippen LogP contribution in [0, 0.1) is 0 Å². The average molecular weight is 258 g/mol. The summed E-state index contributed by atoms with van der Waals surface area (Å²) in [5.74, 6) is 1.39. The van der Waals surface area contributed by atoms with Crippen molar-refractivity contribution in [3.8, 4) is 0 Å². The van der Waals surface area contributed by atoms with E-state index in [2.05, 4.69) is 42.6 Å². The van der Waals surface area contributed by atoms with E-state index >= 15 is 0 Å². The fourth-order valence-electron chi connectivity index (χ4n) is 1.52. The van der Waals surface area contributed by atoms with Gasteiger partial charge in [0.25, 0.3) is 0 Å². The van der Waals surface area contributed by atoms with E-state index in [-0.39, 0.29) is 0 Å². The molecule has 0 bridgehead atoms. The summed E-state index contributed by atoms with van der Waals surface area (Å²) in [5, 5.41) is 3.32. The standard InChI is InChI=1S/C15H22N4/c1-5-7-8-9-13(16)15-17-10-12(6-2)14(19-15)18-11(3)4/h5,7-11H,1,6,16H2,2-4H3,(H,17,18,19)/b8-7-,13-9-. The van der Waals surface area contributed by atoms with Gasteiger partial charge in [0, 0.05) is 17.8 Å². The second kappa shape index (κ2) is 7.36. The van der Waals surface area contributed by atoms with Crippen LogP contribution < -0.4 is 11.1 Å². The van der Waals surface area contributed by atoms with E-state index < -0.39 is 0 Å². The molecule has 0 saturated heterocycles. The van der Waals surface area contributed by atoms with Gasteiger partial charge in [-0.25, -0.2) is 9.97 Å². The van der Waals surface area contributed by atoms with Crippen LogP contribution >= 0.6 is 0 Å². The highest BCUT2D eigenvalue weighted by atomic mass is 15.1. The SMILES string of the molecule is C=C/C=C\C=C(/N)c1ncc(CC)c(NC(C)C)n1. The Balaban J connectivity index is 3.06. The van der Waals surface area contributed by atoms with Crippen molar-refractivity contribution < 1.29 is 0 Å². The predicted octanol–water partition coefficient (Wildman–Crippen LogP) is 2.90. The first-order chi connectivity index (χ1) is 9.08. The first kappa shape index (κ1) is 15.0. The Bertz CT molecular complexity index is 487. The second-order valence-corrected chi connectivity index (χ2v) is 4.46. The third kappa shape index (κ3) is 4.58. The molecule has 0 aromatic carbocycles. The number of allylic oxidation sites excluding steroid dienone is 4. The van der Waals surface area contributed by atoms with Crippen molar-refractivity contribution in [1.29, 1.82) is 0 Å². The van der Waals surface area contributed by atoms with Crippen molar-refractivity contribution in [3.63, 3.8) is 0 Å². The molecule has 0 radical (unpaired) electrons. The molecule has 0 amide bonds. The van der Waals surface area contributed by atoms with Gasteiger partial charge in [-0.1, -0.05) is 31.7 Å². The predicted molar refractivity (Wildman–Crippen MR) is 81.7 cm³/mol. The Kier molecular flexibility index (Phi) is 5.79. The zero-order valence-corrected chi connectivity index (χ0v) is 11.9. The number of aryl methyl sites for hydroxylation is 1. The molecule has 1 aromatic rings. The third-order valence-corrected chi connectivity index (χ3v) is 2.45. The van der Waals surface area contributed by atoms with Crippen molar-refractivity contribution in [2.24, 2.45) is 5.73 Å². The van der Waals surface area contributed by atoms with E-state index in [9.17, 15) is 0 Å². The highest BCUT2D eigenvalue weighted by molar-refractivity contribution is 5.60. The molecule has 3 N–H and O–H groups in total. The van der Waals surface area contributed by atoms with Gasteiger partial charge >= 0.3 is 0 Å². The quantitative estimate of drug-likeness (QED) is 0.770. The molecule has 19 heavy (non-hydrogen) atoms. The molecule has 4 heteroatoms. The summed E-state index contributed by atoms with van der Waals surface area (Å²) < 4.78 is 0. The maximum atomic E-state index is 5.95. The van der Waals surface area contributed by atoms with Crippen LogP contribution in [-0.2, 0) is 6.42 Å². The molecule has 0 fully saturated rings. The van der Waals surface area contributed by atoms with Crippen molar-refractivity contribution in [1.82, 2.24) is 9.97 Å². The zero-order valence-electron chi connectivity index (χ0n) is 11.9. The van der Waals surface area contributed by atoms with Crippen molar-refractivity contribution in [3.05, 3.63) is 48.5 Å². The molecular formula is C15H22N4. The van der Waals surface area contributed by atoms with Crippen LogP contribution in [0.5, 0.6) is 0 Å². The zero-order chi connectivity index (χ0) is 14.3. The first-order valence-electron chi connectivity index (χ1n) is 6.46. The summed E-state index contributed by atoms with van der Waals surface area (Å²) in [5.41, 5.74) is 7.57. The van der Waals surface area contributed by atoms with Crippen LogP contribution in [0.2, 0.25) is 0 Å². The smallest absolute Gasteiger partial charge is 0.177 e. The number of nitrogens with two attached hydrogens (primary N) is 1. The van der Waals surface area contributed by atoms with Gasteiger partial charge < -0.3 is 11.1 Å². The number of nitrogens with one attached hydrogen (secondary N) is 1. The molecule has 0 spiro atoms. The molecule has 0 unspecified atom stereocenters. The number of hydrogen-bond acceptors (Lipinski definition) is 4. The topological polar surface area (TPSA) is 63.8 Å². The van der Waals surface area contributed by atoms with Crippen LogP contribution in [0.1, 0.15) is 32.2 Å². The molecular weight excluding hydrogens is 236 g/mol. The minimum atomic E-state index is 0.318. The van der Waals surface area contributed by atoms with Gasteiger partial charge in [-0.15, -0.1) is 0 Å². The average Bonchev–Trinajstić information content (AvgIpc) is 2.38. The summed E-state index contributed by atoms with van der Waals surface area (Å²) in [4.78, 5) is 8.78. The molecule has 0 aliphatic heterocycles. The number of rotatable bonds is 6. The summed E-state index contributed by atoms with van der Waals surface area (Å²) in [7, 11) is 0. The van der Waals surface area contributed by atoms with Crippen molar-refractivity contribution >= 4 is 11.5 Å². The molecule has 1 heterocycles. The Hall–Kier alpha value is -2.10. The maximum Gasteiger partial charge on any atom is 0.177 e. The van der Waals surface area contributed by atoms with Gasteiger partial charge in [-0.05, 0) is 26.3 Å². The maximum absolute atomic E-state index is 5.95. The molecule has 1 aromatic heterocycles. The van der Waals surface area contributed by atoms with Gasteiger partial charge in [0.05, 0.1) is 5.70 Å². The van der Waals surface area contributed by atoms with Crippen LogP contribution in [0.25, 0.3) is 5.70 Å². The van der Waals surface area contributed by atoms with Crippen LogP contribution in [0.15, 0.2) is 37.1 Å². The van der Waals surface area contributed by atoms with Crippen molar-refractivity contribution in [2.75, 3.05) is 5.32 Å². The van der Waals surface area contributed by atoms with Crippen LogP contribution in [0.4, 0.5) is 5.82 Å². The summed E-state index contributed by atoms with van der Waals surface area (Å²) >= 11 is 0. The lowest BCUT2D eigenvalue weighted by atomic mass is 10.2.